The molecule has 1 heterocycles. The minimum atomic E-state index is -0.715. The lowest BCUT2D eigenvalue weighted by Crippen LogP contribution is -2.38. The third kappa shape index (κ3) is 5.22. The second kappa shape index (κ2) is 10.3. The van der Waals surface area contributed by atoms with Crippen LogP contribution < -0.4 is 11.1 Å². The normalized spacial score (nSPS) is 11.4. The van der Waals surface area contributed by atoms with Crippen LogP contribution in [0.25, 0.3) is 0 Å². The van der Waals surface area contributed by atoms with Crippen LogP contribution in [-0.4, -0.2) is 17.1 Å². The standard InChI is InChI=1S/C25H21ClN4O2S/c26-21-13-11-20(12-14-21)25(18-7-3-1-4-8-18,19-9-5-2-6-10-19)30-24-29-22(17-33-24)16-32-28-15-23(27)31/h1-15,17H,16H2,(H2,27,31)(H,29,30)/b28-15+. The van der Waals surface area contributed by atoms with Gasteiger partial charge >= 0.3 is 0 Å². The summed E-state index contributed by atoms with van der Waals surface area (Å²) in [6, 6.07) is 28.2. The number of carbonyl (C=O) groups is 1. The van der Waals surface area contributed by atoms with E-state index in [1.807, 2.05) is 66.0 Å². The average Bonchev–Trinajstić information content (AvgIpc) is 3.29. The number of nitrogens with zero attached hydrogens (tertiary/aromatic N) is 2. The number of hydrogen-bond acceptors (Lipinski definition) is 6. The molecule has 0 aliphatic rings. The third-order valence-electron chi connectivity index (χ3n) is 5.00. The molecule has 0 aliphatic heterocycles. The summed E-state index contributed by atoms with van der Waals surface area (Å²) in [6.45, 7) is 0.118. The van der Waals surface area contributed by atoms with Crippen LogP contribution in [0.15, 0.2) is 95.5 Å². The van der Waals surface area contributed by atoms with Crippen molar-refractivity contribution >= 4 is 40.2 Å². The van der Waals surface area contributed by atoms with Gasteiger partial charge in [0.05, 0.1) is 5.69 Å². The Morgan fingerprint density at radius 3 is 2.15 bits per heavy atom. The van der Waals surface area contributed by atoms with E-state index in [1.165, 1.54) is 11.3 Å². The predicted molar refractivity (Wildman–Crippen MR) is 132 cm³/mol. The predicted octanol–water partition coefficient (Wildman–Crippen LogP) is 5.19. The number of primary amides is 1. The number of nitrogens with one attached hydrogen (secondary N) is 1. The Morgan fingerprint density at radius 1 is 1.00 bits per heavy atom. The van der Waals surface area contributed by atoms with Gasteiger partial charge in [-0.3, -0.25) is 4.79 Å². The Labute approximate surface area is 200 Å². The van der Waals surface area contributed by atoms with Gasteiger partial charge in [-0.1, -0.05) is 89.6 Å². The van der Waals surface area contributed by atoms with E-state index in [2.05, 4.69) is 39.7 Å². The van der Waals surface area contributed by atoms with Crippen LogP contribution in [0.5, 0.6) is 0 Å². The molecular formula is C25H21ClN4O2S. The highest BCUT2D eigenvalue weighted by Gasteiger charge is 2.37. The molecule has 0 atom stereocenters. The second-order valence-corrected chi connectivity index (χ2v) is 8.46. The number of aromatic nitrogens is 1. The molecule has 0 unspecified atom stereocenters. The maximum atomic E-state index is 10.8. The zero-order valence-corrected chi connectivity index (χ0v) is 19.1. The Kier molecular flexibility index (Phi) is 7.02. The van der Waals surface area contributed by atoms with Gasteiger partial charge in [0.25, 0.3) is 5.91 Å². The minimum Gasteiger partial charge on any atom is -0.389 e. The molecule has 1 aromatic heterocycles. The smallest absolute Gasteiger partial charge is 0.263 e. The second-order valence-electron chi connectivity index (χ2n) is 7.17. The number of amides is 1. The highest BCUT2D eigenvalue weighted by Crippen LogP contribution is 2.41. The van der Waals surface area contributed by atoms with Crippen LogP contribution in [0.3, 0.4) is 0 Å². The number of thiazole rings is 1. The molecule has 0 radical (unpaired) electrons. The molecule has 33 heavy (non-hydrogen) atoms. The number of rotatable bonds is 9. The van der Waals surface area contributed by atoms with E-state index in [9.17, 15) is 4.79 Å². The molecule has 166 valence electrons. The molecule has 0 saturated carbocycles. The van der Waals surface area contributed by atoms with E-state index in [0.717, 1.165) is 22.9 Å². The van der Waals surface area contributed by atoms with Gasteiger partial charge in [-0.15, -0.1) is 11.3 Å². The number of nitrogens with two attached hydrogens (primary N) is 1. The lowest BCUT2D eigenvalue weighted by molar-refractivity contribution is -0.111. The number of carbonyl (C=O) groups excluding carboxylic acids is 1. The average molecular weight is 477 g/mol. The fourth-order valence-corrected chi connectivity index (χ4v) is 4.45. The van der Waals surface area contributed by atoms with Gasteiger partial charge in [-0.25, -0.2) is 4.98 Å². The van der Waals surface area contributed by atoms with Crippen LogP contribution in [0.1, 0.15) is 22.4 Å². The van der Waals surface area contributed by atoms with Crippen LogP contribution in [0, 0.1) is 0 Å². The van der Waals surface area contributed by atoms with Gasteiger partial charge in [-0.2, -0.15) is 0 Å². The number of benzene rings is 3. The first-order valence-electron chi connectivity index (χ1n) is 10.1. The SMILES string of the molecule is NC(=O)/C=N/OCc1csc(NC(c2ccccc2)(c2ccccc2)c2ccc(Cl)cc2)n1. The highest BCUT2D eigenvalue weighted by molar-refractivity contribution is 7.13. The maximum Gasteiger partial charge on any atom is 0.263 e. The molecular weight excluding hydrogens is 456 g/mol. The molecule has 0 spiro atoms. The summed E-state index contributed by atoms with van der Waals surface area (Å²) in [5.41, 5.74) is 8.11. The summed E-state index contributed by atoms with van der Waals surface area (Å²) in [6.07, 6.45) is 0.919. The molecule has 0 fully saturated rings. The molecule has 3 N–H and O–H groups in total. The third-order valence-corrected chi connectivity index (χ3v) is 6.06. The Morgan fingerprint density at radius 2 is 1.58 bits per heavy atom. The van der Waals surface area contributed by atoms with E-state index in [1.54, 1.807) is 0 Å². The van der Waals surface area contributed by atoms with Crippen LogP contribution in [0.2, 0.25) is 5.02 Å². The van der Waals surface area contributed by atoms with Crippen LogP contribution >= 0.6 is 22.9 Å². The van der Waals surface area contributed by atoms with Gasteiger partial charge < -0.3 is 15.9 Å². The largest absolute Gasteiger partial charge is 0.389 e. The van der Waals surface area contributed by atoms with Crippen molar-refractivity contribution in [1.82, 2.24) is 4.98 Å². The summed E-state index contributed by atoms with van der Waals surface area (Å²) < 4.78 is 0. The first-order chi connectivity index (χ1) is 16.1. The van der Waals surface area contributed by atoms with Crippen molar-refractivity contribution in [3.8, 4) is 0 Å². The number of anilines is 1. The lowest BCUT2D eigenvalue weighted by Gasteiger charge is -2.36. The van der Waals surface area contributed by atoms with Crippen molar-refractivity contribution < 1.29 is 9.63 Å². The zero-order chi connectivity index (χ0) is 23.1. The Hall–Kier alpha value is -3.68. The van der Waals surface area contributed by atoms with E-state index in [0.29, 0.717) is 15.8 Å². The topological polar surface area (TPSA) is 89.6 Å². The number of hydrogen-bond donors (Lipinski definition) is 2. The molecule has 1 amide bonds. The molecule has 0 bridgehead atoms. The summed E-state index contributed by atoms with van der Waals surface area (Å²) in [7, 11) is 0. The molecule has 4 rings (SSSR count). The molecule has 6 nitrogen and oxygen atoms in total. The summed E-state index contributed by atoms with van der Waals surface area (Å²) >= 11 is 7.67. The lowest BCUT2D eigenvalue weighted by atomic mass is 9.77. The van der Waals surface area contributed by atoms with Gasteiger partial charge in [-0.05, 0) is 28.8 Å². The molecule has 4 aromatic rings. The Balaban J connectivity index is 1.77. The quantitative estimate of drug-likeness (QED) is 0.198. The first kappa shape index (κ1) is 22.5. The Bertz CT molecular complexity index is 1190. The van der Waals surface area contributed by atoms with Crippen molar-refractivity contribution in [3.05, 3.63) is 118 Å². The van der Waals surface area contributed by atoms with E-state index >= 15 is 0 Å². The van der Waals surface area contributed by atoms with Crippen LogP contribution in [0.4, 0.5) is 5.13 Å². The summed E-state index contributed by atoms with van der Waals surface area (Å²) in [5.74, 6) is -0.672. The zero-order valence-electron chi connectivity index (χ0n) is 17.5. The van der Waals surface area contributed by atoms with E-state index in [4.69, 9.17) is 22.2 Å². The fraction of sp³-hybridized carbons (Fsp3) is 0.0800. The number of halogens is 1. The van der Waals surface area contributed by atoms with Crippen LogP contribution in [-0.2, 0) is 21.8 Å². The van der Waals surface area contributed by atoms with Gasteiger partial charge in [0.15, 0.2) is 11.7 Å². The number of oxime groups is 1. The van der Waals surface area contributed by atoms with E-state index in [-0.39, 0.29) is 6.61 Å². The summed E-state index contributed by atoms with van der Waals surface area (Å²) in [5, 5.41) is 10.5. The molecule has 0 saturated heterocycles. The van der Waals surface area contributed by atoms with Crippen molar-refractivity contribution in [3.63, 3.8) is 0 Å². The molecule has 0 aliphatic carbocycles. The minimum absolute atomic E-state index is 0.118. The maximum absolute atomic E-state index is 10.8. The van der Waals surface area contributed by atoms with Crippen molar-refractivity contribution in [2.45, 2.75) is 12.1 Å². The first-order valence-corrected chi connectivity index (χ1v) is 11.4. The van der Waals surface area contributed by atoms with Crippen molar-refractivity contribution in [1.29, 1.82) is 0 Å². The van der Waals surface area contributed by atoms with Gasteiger partial charge in [0, 0.05) is 10.4 Å². The molecule has 8 heteroatoms. The fourth-order valence-electron chi connectivity index (χ4n) is 3.58. The van der Waals surface area contributed by atoms with E-state index < -0.39 is 11.4 Å². The van der Waals surface area contributed by atoms with Gasteiger partial charge in [0.2, 0.25) is 0 Å². The van der Waals surface area contributed by atoms with Crippen molar-refractivity contribution in [2.75, 3.05) is 5.32 Å². The highest BCUT2D eigenvalue weighted by atomic mass is 35.5. The van der Waals surface area contributed by atoms with Crippen molar-refractivity contribution in [2.24, 2.45) is 10.9 Å². The van der Waals surface area contributed by atoms with Gasteiger partial charge in [0.1, 0.15) is 11.8 Å². The summed E-state index contributed by atoms with van der Waals surface area (Å²) in [4.78, 5) is 20.5. The monoisotopic (exact) mass is 476 g/mol. The molecule has 3 aromatic carbocycles.